The van der Waals surface area contributed by atoms with Gasteiger partial charge in [0.05, 0.1) is 16.5 Å². The highest BCUT2D eigenvalue weighted by Crippen LogP contribution is 2.33. The number of hydrogen-bond donors (Lipinski definition) is 2. The molecule has 19 heavy (non-hydrogen) atoms. The van der Waals surface area contributed by atoms with Crippen molar-refractivity contribution in [1.29, 1.82) is 0 Å². The molecule has 0 radical (unpaired) electrons. The highest BCUT2D eigenvalue weighted by atomic mass is 79.9. The minimum absolute atomic E-state index is 0.181. The van der Waals surface area contributed by atoms with Gasteiger partial charge >= 0.3 is 0 Å². The van der Waals surface area contributed by atoms with E-state index in [2.05, 4.69) is 20.7 Å². The van der Waals surface area contributed by atoms with Crippen molar-refractivity contribution < 1.29 is 13.2 Å². The van der Waals surface area contributed by atoms with Crippen LogP contribution in [0.5, 0.6) is 5.75 Å². The van der Waals surface area contributed by atoms with Crippen LogP contribution in [0.1, 0.15) is 12.8 Å². The molecular formula is C12H17BrN2O3S. The Kier molecular flexibility index (Phi) is 4.50. The lowest BCUT2D eigenvalue weighted by atomic mass is 10.2. The zero-order chi connectivity index (χ0) is 14.0. The molecule has 1 aromatic rings. The lowest BCUT2D eigenvalue weighted by Crippen LogP contribution is -2.41. The monoisotopic (exact) mass is 348 g/mol. The zero-order valence-corrected chi connectivity index (χ0v) is 13.0. The Morgan fingerprint density at radius 2 is 2.21 bits per heavy atom. The SMILES string of the molecule is COc1cc(S(=O)(=O)NC(CN)C2CC2)ccc1Br. The van der Waals surface area contributed by atoms with Gasteiger partial charge in [0.25, 0.3) is 0 Å². The number of halogens is 1. The third-order valence-electron chi connectivity index (χ3n) is 3.18. The molecule has 106 valence electrons. The van der Waals surface area contributed by atoms with Gasteiger partial charge in [-0.05, 0) is 46.8 Å². The fraction of sp³-hybridized carbons (Fsp3) is 0.500. The molecule has 5 nitrogen and oxygen atoms in total. The Labute approximate surface area is 121 Å². The van der Waals surface area contributed by atoms with Crippen LogP contribution in [0.4, 0.5) is 0 Å². The number of hydrogen-bond acceptors (Lipinski definition) is 4. The van der Waals surface area contributed by atoms with Crippen LogP contribution in [0, 0.1) is 5.92 Å². The third-order valence-corrected chi connectivity index (χ3v) is 5.33. The van der Waals surface area contributed by atoms with E-state index in [1.165, 1.54) is 19.2 Å². The van der Waals surface area contributed by atoms with Crippen molar-refractivity contribution in [3.8, 4) is 5.75 Å². The average Bonchev–Trinajstić information content (AvgIpc) is 3.20. The fourth-order valence-electron chi connectivity index (χ4n) is 1.91. The summed E-state index contributed by atoms with van der Waals surface area (Å²) in [6.45, 7) is 0.317. The second-order valence-corrected chi connectivity index (χ2v) is 7.17. The van der Waals surface area contributed by atoms with Gasteiger partial charge in [0.1, 0.15) is 5.75 Å². The van der Waals surface area contributed by atoms with Gasteiger partial charge in [-0.2, -0.15) is 0 Å². The Balaban J connectivity index is 2.23. The van der Waals surface area contributed by atoms with Crippen molar-refractivity contribution in [2.24, 2.45) is 11.7 Å². The molecule has 0 saturated heterocycles. The molecule has 0 aliphatic heterocycles. The highest BCUT2D eigenvalue weighted by Gasteiger charge is 2.33. The fourth-order valence-corrected chi connectivity index (χ4v) is 3.65. The maximum Gasteiger partial charge on any atom is 0.241 e. The lowest BCUT2D eigenvalue weighted by molar-refractivity contribution is 0.410. The number of methoxy groups -OCH3 is 1. The highest BCUT2D eigenvalue weighted by molar-refractivity contribution is 9.10. The predicted octanol–water partition coefficient (Wildman–Crippen LogP) is 1.47. The largest absolute Gasteiger partial charge is 0.496 e. The number of benzene rings is 1. The maximum absolute atomic E-state index is 12.3. The molecule has 0 aromatic heterocycles. The van der Waals surface area contributed by atoms with E-state index in [0.29, 0.717) is 22.7 Å². The van der Waals surface area contributed by atoms with Crippen molar-refractivity contribution in [3.05, 3.63) is 22.7 Å². The van der Waals surface area contributed by atoms with Gasteiger partial charge in [0.15, 0.2) is 0 Å². The van der Waals surface area contributed by atoms with Crippen molar-refractivity contribution in [2.75, 3.05) is 13.7 Å². The van der Waals surface area contributed by atoms with Crippen LogP contribution < -0.4 is 15.2 Å². The van der Waals surface area contributed by atoms with Crippen LogP contribution in [0.3, 0.4) is 0 Å². The van der Waals surface area contributed by atoms with E-state index in [9.17, 15) is 8.42 Å². The first-order chi connectivity index (χ1) is 8.97. The molecule has 1 aliphatic rings. The number of nitrogens with two attached hydrogens (primary N) is 1. The van der Waals surface area contributed by atoms with Crippen molar-refractivity contribution >= 4 is 26.0 Å². The smallest absolute Gasteiger partial charge is 0.241 e. The average molecular weight is 349 g/mol. The molecule has 3 N–H and O–H groups in total. The van der Waals surface area contributed by atoms with Gasteiger partial charge in [0.2, 0.25) is 10.0 Å². The summed E-state index contributed by atoms with van der Waals surface area (Å²) in [5, 5.41) is 0. The molecule has 1 saturated carbocycles. The molecule has 2 rings (SSSR count). The standard InChI is InChI=1S/C12H17BrN2O3S/c1-18-12-6-9(4-5-10(12)13)19(16,17)15-11(7-14)8-2-3-8/h4-6,8,11,15H,2-3,7,14H2,1H3. The Morgan fingerprint density at radius 3 is 2.74 bits per heavy atom. The van der Waals surface area contributed by atoms with Crippen LogP contribution >= 0.6 is 15.9 Å². The quantitative estimate of drug-likeness (QED) is 0.815. The van der Waals surface area contributed by atoms with Crippen molar-refractivity contribution in [2.45, 2.75) is 23.8 Å². The first-order valence-corrected chi connectivity index (χ1v) is 8.31. The molecule has 1 unspecified atom stereocenters. The lowest BCUT2D eigenvalue weighted by Gasteiger charge is -2.16. The summed E-state index contributed by atoms with van der Waals surface area (Å²) in [4.78, 5) is 0.187. The number of rotatable bonds is 6. The Morgan fingerprint density at radius 1 is 1.53 bits per heavy atom. The van der Waals surface area contributed by atoms with E-state index in [4.69, 9.17) is 10.5 Å². The molecule has 1 atom stereocenters. The van der Waals surface area contributed by atoms with Gasteiger partial charge < -0.3 is 10.5 Å². The summed E-state index contributed by atoms with van der Waals surface area (Å²) in [6, 6.07) is 4.50. The van der Waals surface area contributed by atoms with E-state index < -0.39 is 10.0 Å². The zero-order valence-electron chi connectivity index (χ0n) is 10.6. The minimum Gasteiger partial charge on any atom is -0.496 e. The van der Waals surface area contributed by atoms with Gasteiger partial charge in [0, 0.05) is 18.7 Å². The molecule has 0 spiro atoms. The van der Waals surface area contributed by atoms with Crippen LogP contribution in [0.2, 0.25) is 0 Å². The Hall–Kier alpha value is -0.630. The summed E-state index contributed by atoms with van der Waals surface area (Å²) < 4.78 is 33.0. The summed E-state index contributed by atoms with van der Waals surface area (Å²) >= 11 is 3.29. The van der Waals surface area contributed by atoms with E-state index in [-0.39, 0.29) is 10.9 Å². The normalized spacial score (nSPS) is 17.2. The second-order valence-electron chi connectivity index (χ2n) is 4.60. The molecule has 1 fully saturated rings. The molecule has 0 heterocycles. The molecule has 1 aliphatic carbocycles. The summed E-state index contributed by atoms with van der Waals surface area (Å²) in [6.07, 6.45) is 2.07. The Bertz CT molecular complexity index is 558. The van der Waals surface area contributed by atoms with Crippen LogP contribution in [0.25, 0.3) is 0 Å². The second kappa shape index (κ2) is 5.78. The van der Waals surface area contributed by atoms with E-state index in [1.807, 2.05) is 0 Å². The number of ether oxygens (including phenoxy) is 1. The van der Waals surface area contributed by atoms with Gasteiger partial charge in [-0.15, -0.1) is 0 Å². The van der Waals surface area contributed by atoms with E-state index in [0.717, 1.165) is 12.8 Å². The van der Waals surface area contributed by atoms with Gasteiger partial charge in [-0.3, -0.25) is 0 Å². The molecular weight excluding hydrogens is 332 g/mol. The van der Waals surface area contributed by atoms with Crippen LogP contribution in [0.15, 0.2) is 27.6 Å². The topological polar surface area (TPSA) is 81.4 Å². The van der Waals surface area contributed by atoms with Gasteiger partial charge in [-0.1, -0.05) is 0 Å². The predicted molar refractivity (Wildman–Crippen MR) is 76.6 cm³/mol. The van der Waals surface area contributed by atoms with Gasteiger partial charge in [-0.25, -0.2) is 13.1 Å². The minimum atomic E-state index is -3.56. The number of nitrogens with one attached hydrogen (secondary N) is 1. The molecule has 0 bridgehead atoms. The van der Waals surface area contributed by atoms with Crippen LogP contribution in [-0.4, -0.2) is 28.1 Å². The summed E-state index contributed by atoms with van der Waals surface area (Å²) in [5.41, 5.74) is 5.62. The van der Waals surface area contributed by atoms with Crippen LogP contribution in [-0.2, 0) is 10.0 Å². The summed E-state index contributed by atoms with van der Waals surface area (Å²) in [5.74, 6) is 0.857. The molecule has 7 heteroatoms. The maximum atomic E-state index is 12.3. The van der Waals surface area contributed by atoms with E-state index in [1.54, 1.807) is 6.07 Å². The van der Waals surface area contributed by atoms with Crippen molar-refractivity contribution in [1.82, 2.24) is 4.72 Å². The molecule has 1 aromatic carbocycles. The summed E-state index contributed by atoms with van der Waals surface area (Å²) in [7, 11) is -2.06. The molecule has 0 amide bonds. The first kappa shape index (κ1) is 14.8. The van der Waals surface area contributed by atoms with Crippen molar-refractivity contribution in [3.63, 3.8) is 0 Å². The third kappa shape index (κ3) is 3.47. The van der Waals surface area contributed by atoms with E-state index >= 15 is 0 Å². The number of sulfonamides is 1. The first-order valence-electron chi connectivity index (χ1n) is 6.04.